The van der Waals surface area contributed by atoms with Gasteiger partial charge in [0.1, 0.15) is 0 Å². The summed E-state index contributed by atoms with van der Waals surface area (Å²) < 4.78 is 7.81. The van der Waals surface area contributed by atoms with Gasteiger partial charge in [0.15, 0.2) is 0 Å². The van der Waals surface area contributed by atoms with Crippen LogP contribution in [0.4, 0.5) is 0 Å². The third-order valence-electron chi connectivity index (χ3n) is 0. The summed E-state index contributed by atoms with van der Waals surface area (Å²) in [6.07, 6.45) is 0. The van der Waals surface area contributed by atoms with Gasteiger partial charge in [-0.15, -0.1) is 0 Å². The zero-order chi connectivity index (χ0) is 2.00. The third-order valence-corrected chi connectivity index (χ3v) is 0. The maximum absolute atomic E-state index is 7.81. The standard InChI is InChI=1S/Cu.Li.Mn.O.H/q;+1;;;-1. The second kappa shape index (κ2) is 25.4. The van der Waals surface area contributed by atoms with Gasteiger partial charge in [0, 0.05) is 17.1 Å². The summed E-state index contributed by atoms with van der Waals surface area (Å²) in [5.41, 5.74) is 0. The van der Waals surface area contributed by atoms with Gasteiger partial charge < -0.3 is 1.43 Å². The Morgan fingerprint density at radius 3 is 1.50 bits per heavy atom. The summed E-state index contributed by atoms with van der Waals surface area (Å²) in [7, 11) is 0. The van der Waals surface area contributed by atoms with Crippen molar-refractivity contribution in [1.29, 1.82) is 0 Å². The molecule has 4 heavy (non-hydrogen) atoms. The van der Waals surface area contributed by atoms with E-state index in [0.29, 0.717) is 0 Å². The van der Waals surface area contributed by atoms with Gasteiger partial charge in [-0.05, 0) is 0 Å². The first-order chi connectivity index (χ1) is 1.00. The molecular weight excluding hydrogens is 141 g/mol. The van der Waals surface area contributed by atoms with Crippen LogP contribution in [0, 0.1) is 0 Å². The molecule has 4 heteroatoms. The van der Waals surface area contributed by atoms with E-state index in [1.807, 2.05) is 0 Å². The molecule has 0 aliphatic heterocycles. The monoisotopic (exact) mass is 142 g/mol. The van der Waals surface area contributed by atoms with Crippen LogP contribution in [0.15, 0.2) is 0 Å². The van der Waals surface area contributed by atoms with Crippen LogP contribution < -0.4 is 18.9 Å². The molecule has 0 atom stereocenters. The molecule has 1 radical (unpaired) electrons. The van der Waals surface area contributed by atoms with Gasteiger partial charge >= 0.3 is 38.6 Å². The average Bonchev–Trinajstić information content (AvgIpc) is 1.00. The number of hydrogen-bond donors (Lipinski definition) is 0. The first-order valence-electron chi connectivity index (χ1n) is 0.123. The van der Waals surface area contributed by atoms with Gasteiger partial charge in [-0.1, -0.05) is 0 Å². The Hall–Kier alpha value is 1.44. The van der Waals surface area contributed by atoms with E-state index in [-0.39, 0.29) is 37.4 Å². The van der Waals surface area contributed by atoms with E-state index in [1.165, 1.54) is 0 Å². The first kappa shape index (κ1) is 18.0. The van der Waals surface area contributed by atoms with E-state index < -0.39 is 0 Å². The van der Waals surface area contributed by atoms with Crippen molar-refractivity contribution in [3.8, 4) is 0 Å². The molecule has 0 aromatic carbocycles. The van der Waals surface area contributed by atoms with Crippen LogP contribution in [0.5, 0.6) is 0 Å². The van der Waals surface area contributed by atoms with Crippen molar-refractivity contribution in [3.63, 3.8) is 0 Å². The Kier molecular flexibility index (Phi) is 114. The quantitative estimate of drug-likeness (QED) is 0.330. The number of hydrogen-bond acceptors (Lipinski definition) is 1. The molecule has 0 saturated heterocycles. The van der Waals surface area contributed by atoms with E-state index in [1.54, 1.807) is 0 Å². The summed E-state index contributed by atoms with van der Waals surface area (Å²) in [5.74, 6) is 0. The predicted molar refractivity (Wildman–Crippen MR) is 1.80 cm³/mol. The summed E-state index contributed by atoms with van der Waals surface area (Å²) >= 11 is 2.94. The fraction of sp³-hybridized carbons (Fsp3) is 0. The fourth-order valence-electron chi connectivity index (χ4n) is 0. The van der Waals surface area contributed by atoms with Crippen molar-refractivity contribution >= 4 is 0 Å². The predicted octanol–water partition coefficient (Wildman–Crippen LogP) is -3.01. The molecule has 0 spiro atoms. The average molecular weight is 142 g/mol. The topological polar surface area (TPSA) is 17.1 Å². The van der Waals surface area contributed by atoms with Crippen LogP contribution in [0.25, 0.3) is 0 Å². The van der Waals surface area contributed by atoms with E-state index in [2.05, 4.69) is 15.9 Å². The van der Waals surface area contributed by atoms with Crippen LogP contribution in [-0.2, 0) is 36.8 Å². The van der Waals surface area contributed by atoms with Gasteiger partial charge in [0.25, 0.3) is 0 Å². The van der Waals surface area contributed by atoms with Crippen molar-refractivity contribution in [2.75, 3.05) is 0 Å². The van der Waals surface area contributed by atoms with Crippen molar-refractivity contribution in [2.45, 2.75) is 0 Å². The first-order valence-corrected chi connectivity index (χ1v) is 0.508. The normalized spacial score (nSPS) is 1.50. The second-order valence-corrected chi connectivity index (χ2v) is 0. The third kappa shape index (κ3) is 9.89. The Labute approximate surface area is 57.1 Å². The number of rotatable bonds is 0. The van der Waals surface area contributed by atoms with Crippen molar-refractivity contribution in [3.05, 3.63) is 0 Å². The Morgan fingerprint density at radius 2 is 1.50 bits per heavy atom. The minimum absolute atomic E-state index is 0. The molecule has 0 rings (SSSR count). The zero-order valence-corrected chi connectivity index (χ0v) is 4.21. The van der Waals surface area contributed by atoms with Crippen LogP contribution in [-0.4, -0.2) is 0 Å². The minimum atomic E-state index is 0. The van der Waals surface area contributed by atoms with Crippen LogP contribution in [0.1, 0.15) is 1.43 Å². The van der Waals surface area contributed by atoms with Crippen LogP contribution in [0.2, 0.25) is 0 Å². The molecule has 1 nitrogen and oxygen atoms in total. The molecule has 0 unspecified atom stereocenters. The second-order valence-electron chi connectivity index (χ2n) is 0. The van der Waals surface area contributed by atoms with Crippen molar-refractivity contribution in [1.82, 2.24) is 0 Å². The van der Waals surface area contributed by atoms with E-state index in [9.17, 15) is 0 Å². The van der Waals surface area contributed by atoms with Crippen molar-refractivity contribution < 1.29 is 57.1 Å². The van der Waals surface area contributed by atoms with E-state index in [4.69, 9.17) is 3.83 Å². The van der Waals surface area contributed by atoms with E-state index in [0.717, 1.165) is 0 Å². The molecule has 0 fully saturated rings. The molecule has 0 aromatic heterocycles. The summed E-state index contributed by atoms with van der Waals surface area (Å²) in [4.78, 5) is 0. The molecule has 0 amide bonds. The van der Waals surface area contributed by atoms with E-state index >= 15 is 0 Å². The molecule has 0 aromatic rings. The summed E-state index contributed by atoms with van der Waals surface area (Å²) in [6.45, 7) is 0. The molecule has 0 N–H and O–H groups in total. The van der Waals surface area contributed by atoms with Gasteiger partial charge in [-0.2, -0.15) is 0 Å². The summed E-state index contributed by atoms with van der Waals surface area (Å²) in [6, 6.07) is 0. The van der Waals surface area contributed by atoms with Gasteiger partial charge in [-0.3, -0.25) is 0 Å². The van der Waals surface area contributed by atoms with Crippen molar-refractivity contribution in [2.24, 2.45) is 0 Å². The fourth-order valence-corrected chi connectivity index (χ4v) is 0. The molecule has 0 saturated carbocycles. The molecule has 0 bridgehead atoms. The van der Waals surface area contributed by atoms with Crippen LogP contribution in [0.3, 0.4) is 0 Å². The van der Waals surface area contributed by atoms with Gasteiger partial charge in [0.05, 0.1) is 0 Å². The molecule has 26 valence electrons. The molecular formula is HCuLiMnO. The molecule has 0 aliphatic carbocycles. The molecule has 0 aliphatic rings. The zero-order valence-electron chi connectivity index (χ0n) is 3.09. The maximum atomic E-state index is 7.81. The molecule has 0 heterocycles. The SMILES string of the molecule is [H-].[Li+].[Mn].[O]=[Cu]. The van der Waals surface area contributed by atoms with Gasteiger partial charge in [0.2, 0.25) is 0 Å². The Balaban J connectivity index is -0.00000000167. The summed E-state index contributed by atoms with van der Waals surface area (Å²) in [5, 5.41) is 0. The Morgan fingerprint density at radius 1 is 1.50 bits per heavy atom. The Bertz CT molecular complexity index is 11.6. The van der Waals surface area contributed by atoms with Gasteiger partial charge in [-0.25, -0.2) is 0 Å². The van der Waals surface area contributed by atoms with Crippen LogP contribution >= 0.6 is 0 Å².